The highest BCUT2D eigenvalue weighted by atomic mass is 32.1. The Bertz CT molecular complexity index is 689. The Labute approximate surface area is 113 Å². The average Bonchev–Trinajstić information content (AvgIpc) is 2.62. The molecule has 7 heteroatoms. The van der Waals surface area contributed by atoms with Crippen LogP contribution in [0.25, 0.3) is 10.2 Å². The van der Waals surface area contributed by atoms with Gasteiger partial charge in [0.2, 0.25) is 0 Å². The minimum absolute atomic E-state index is 0.0331. The highest BCUT2D eigenvalue weighted by Crippen LogP contribution is 2.25. The van der Waals surface area contributed by atoms with Gasteiger partial charge >= 0.3 is 5.97 Å². The van der Waals surface area contributed by atoms with Crippen LogP contribution >= 0.6 is 11.3 Å². The largest absolute Gasteiger partial charge is 0.479 e. The van der Waals surface area contributed by atoms with Gasteiger partial charge in [0.05, 0.1) is 5.39 Å². The molecule has 0 bridgehead atoms. The van der Waals surface area contributed by atoms with Crippen molar-refractivity contribution in [1.82, 2.24) is 9.97 Å². The van der Waals surface area contributed by atoms with Crippen LogP contribution < -0.4 is 5.56 Å². The van der Waals surface area contributed by atoms with Crippen molar-refractivity contribution in [3.63, 3.8) is 0 Å². The molecular formula is C12H14N2O4S. The maximum atomic E-state index is 12.0. The number of carboxylic acids is 1. The summed E-state index contributed by atoms with van der Waals surface area (Å²) in [4.78, 5) is 31.2. The lowest BCUT2D eigenvalue weighted by molar-refractivity contribution is -0.150. The molecule has 2 aromatic rings. The molecule has 0 aliphatic rings. The maximum Gasteiger partial charge on any atom is 0.332 e. The van der Waals surface area contributed by atoms with E-state index >= 15 is 0 Å². The summed E-state index contributed by atoms with van der Waals surface area (Å²) in [6.45, 7) is 5.21. The molecule has 0 amide bonds. The van der Waals surface area contributed by atoms with E-state index in [1.165, 1.54) is 18.3 Å². The van der Waals surface area contributed by atoms with Crippen LogP contribution in [-0.4, -0.2) is 27.1 Å². The van der Waals surface area contributed by atoms with Gasteiger partial charge in [-0.05, 0) is 26.3 Å². The number of aromatic amines is 1. The lowest BCUT2D eigenvalue weighted by Gasteiger charge is -2.07. The Morgan fingerprint density at radius 1 is 1.53 bits per heavy atom. The number of H-pyrrole nitrogens is 1. The molecule has 0 unspecified atom stereocenters. The number of aromatic nitrogens is 2. The van der Waals surface area contributed by atoms with Gasteiger partial charge in [0.1, 0.15) is 17.3 Å². The Balaban J connectivity index is 2.31. The summed E-state index contributed by atoms with van der Waals surface area (Å²) < 4.78 is 5.10. The third-order valence-electron chi connectivity index (χ3n) is 2.91. The molecule has 102 valence electrons. The van der Waals surface area contributed by atoms with E-state index in [1.54, 1.807) is 0 Å². The van der Waals surface area contributed by atoms with Crippen LogP contribution in [0.5, 0.6) is 0 Å². The molecule has 2 N–H and O–H groups in total. The quantitative estimate of drug-likeness (QED) is 0.888. The molecule has 19 heavy (non-hydrogen) atoms. The van der Waals surface area contributed by atoms with E-state index in [4.69, 9.17) is 9.84 Å². The summed E-state index contributed by atoms with van der Waals surface area (Å²) in [7, 11) is 0. The van der Waals surface area contributed by atoms with E-state index in [0.29, 0.717) is 16.0 Å². The maximum absolute atomic E-state index is 12.0. The Kier molecular flexibility index (Phi) is 3.68. The van der Waals surface area contributed by atoms with Crippen LogP contribution in [0.4, 0.5) is 0 Å². The van der Waals surface area contributed by atoms with Gasteiger partial charge in [0.15, 0.2) is 6.10 Å². The molecule has 0 aliphatic heterocycles. The molecule has 2 aromatic heterocycles. The summed E-state index contributed by atoms with van der Waals surface area (Å²) in [5.74, 6) is -0.710. The number of carboxylic acid groups (broad SMARTS) is 1. The first-order valence-corrected chi connectivity index (χ1v) is 6.55. The van der Waals surface area contributed by atoms with Gasteiger partial charge in [-0.1, -0.05) is 0 Å². The van der Waals surface area contributed by atoms with Gasteiger partial charge in [0, 0.05) is 4.88 Å². The zero-order chi connectivity index (χ0) is 14.2. The number of fused-ring (bicyclic) bond motifs is 1. The fourth-order valence-electron chi connectivity index (χ4n) is 1.64. The molecule has 0 fully saturated rings. The van der Waals surface area contributed by atoms with Crippen molar-refractivity contribution in [3.05, 3.63) is 26.6 Å². The third-order valence-corrected chi connectivity index (χ3v) is 4.01. The number of ether oxygens (including phenoxy) is 1. The van der Waals surface area contributed by atoms with Gasteiger partial charge in [-0.25, -0.2) is 9.78 Å². The number of hydrogen-bond donors (Lipinski definition) is 2. The Morgan fingerprint density at radius 2 is 2.21 bits per heavy atom. The van der Waals surface area contributed by atoms with E-state index in [0.717, 1.165) is 10.4 Å². The van der Waals surface area contributed by atoms with Gasteiger partial charge in [0.25, 0.3) is 5.56 Å². The molecule has 0 aliphatic carbocycles. The van der Waals surface area contributed by atoms with E-state index in [1.807, 2.05) is 13.8 Å². The van der Waals surface area contributed by atoms with Crippen LogP contribution in [0.15, 0.2) is 4.79 Å². The van der Waals surface area contributed by atoms with Gasteiger partial charge in [-0.15, -0.1) is 11.3 Å². The molecule has 0 radical (unpaired) electrons. The number of carbonyl (C=O) groups is 1. The first-order valence-electron chi connectivity index (χ1n) is 5.73. The van der Waals surface area contributed by atoms with Crippen molar-refractivity contribution in [1.29, 1.82) is 0 Å². The predicted molar refractivity (Wildman–Crippen MR) is 71.6 cm³/mol. The first-order chi connectivity index (χ1) is 8.90. The SMILES string of the molecule is Cc1sc2nc(CO[C@H](C)C(=O)O)[nH]c(=O)c2c1C. The standard InChI is InChI=1S/C12H14N2O4S/c1-5-7(3)19-11-9(5)10(15)13-8(14-11)4-18-6(2)12(16)17/h6H,4H2,1-3H3,(H,16,17)(H,13,14,15)/t6-/m1/s1. The van der Waals surface area contributed by atoms with Gasteiger partial charge in [-0.2, -0.15) is 0 Å². The molecule has 2 rings (SSSR count). The van der Waals surface area contributed by atoms with Crippen molar-refractivity contribution >= 4 is 27.5 Å². The number of hydrogen-bond acceptors (Lipinski definition) is 5. The van der Waals surface area contributed by atoms with Crippen LogP contribution in [0.2, 0.25) is 0 Å². The monoisotopic (exact) mass is 282 g/mol. The number of rotatable bonds is 4. The molecule has 2 heterocycles. The van der Waals surface area contributed by atoms with Crippen LogP contribution in [0, 0.1) is 13.8 Å². The number of nitrogens with zero attached hydrogens (tertiary/aromatic N) is 1. The van der Waals surface area contributed by atoms with E-state index in [2.05, 4.69) is 9.97 Å². The minimum Gasteiger partial charge on any atom is -0.479 e. The molecule has 6 nitrogen and oxygen atoms in total. The fourth-order valence-corrected chi connectivity index (χ4v) is 2.69. The Hall–Kier alpha value is -1.73. The average molecular weight is 282 g/mol. The molecule has 0 aromatic carbocycles. The molecule has 1 atom stereocenters. The van der Waals surface area contributed by atoms with Crippen LogP contribution in [0.3, 0.4) is 0 Å². The molecule has 0 spiro atoms. The van der Waals surface area contributed by atoms with E-state index in [-0.39, 0.29) is 12.2 Å². The van der Waals surface area contributed by atoms with Gasteiger partial charge < -0.3 is 14.8 Å². The zero-order valence-electron chi connectivity index (χ0n) is 10.8. The highest BCUT2D eigenvalue weighted by Gasteiger charge is 2.14. The summed E-state index contributed by atoms with van der Waals surface area (Å²) in [5, 5.41) is 9.31. The third kappa shape index (κ3) is 2.66. The summed E-state index contributed by atoms with van der Waals surface area (Å²) in [5.41, 5.74) is 0.716. The van der Waals surface area contributed by atoms with E-state index < -0.39 is 12.1 Å². The van der Waals surface area contributed by atoms with Crippen molar-refractivity contribution in [2.45, 2.75) is 33.5 Å². The summed E-state index contributed by atoms with van der Waals surface area (Å²) in [6, 6.07) is 0. The summed E-state index contributed by atoms with van der Waals surface area (Å²) in [6.07, 6.45) is -0.937. The van der Waals surface area contributed by atoms with Gasteiger partial charge in [-0.3, -0.25) is 4.79 Å². The number of nitrogens with one attached hydrogen (secondary N) is 1. The van der Waals surface area contributed by atoms with Crippen LogP contribution in [0.1, 0.15) is 23.2 Å². The molecule has 0 saturated carbocycles. The van der Waals surface area contributed by atoms with Crippen molar-refractivity contribution in [3.8, 4) is 0 Å². The number of aryl methyl sites for hydroxylation is 2. The second kappa shape index (κ2) is 5.10. The highest BCUT2D eigenvalue weighted by molar-refractivity contribution is 7.18. The minimum atomic E-state index is -1.05. The second-order valence-electron chi connectivity index (χ2n) is 4.27. The van der Waals surface area contributed by atoms with Crippen molar-refractivity contribution in [2.75, 3.05) is 0 Å². The smallest absolute Gasteiger partial charge is 0.332 e. The van der Waals surface area contributed by atoms with Crippen molar-refractivity contribution in [2.24, 2.45) is 0 Å². The zero-order valence-corrected chi connectivity index (χ0v) is 11.6. The van der Waals surface area contributed by atoms with E-state index in [9.17, 15) is 9.59 Å². The molecule has 0 saturated heterocycles. The van der Waals surface area contributed by atoms with Crippen molar-refractivity contribution < 1.29 is 14.6 Å². The number of aliphatic carboxylic acids is 1. The topological polar surface area (TPSA) is 92.3 Å². The predicted octanol–water partition coefficient (Wildman–Crippen LogP) is 1.59. The first kappa shape index (κ1) is 13.7. The lowest BCUT2D eigenvalue weighted by atomic mass is 10.2. The Morgan fingerprint density at radius 3 is 2.84 bits per heavy atom. The lowest BCUT2D eigenvalue weighted by Crippen LogP contribution is -2.21. The van der Waals surface area contributed by atoms with Crippen LogP contribution in [-0.2, 0) is 16.1 Å². The normalized spacial score (nSPS) is 12.8. The number of thiophene rings is 1. The summed E-state index contributed by atoms with van der Waals surface area (Å²) >= 11 is 1.44. The second-order valence-corrected chi connectivity index (χ2v) is 5.47. The fraction of sp³-hybridized carbons (Fsp3) is 0.417. The molecular weight excluding hydrogens is 268 g/mol.